The van der Waals surface area contributed by atoms with Crippen LogP contribution in [-0.4, -0.2) is 42.9 Å². The predicted molar refractivity (Wildman–Crippen MR) is 136 cm³/mol. The number of halogens is 2. The van der Waals surface area contributed by atoms with Crippen LogP contribution in [0.5, 0.6) is 0 Å². The molecule has 0 radical (unpaired) electrons. The van der Waals surface area contributed by atoms with E-state index in [1.807, 2.05) is 12.1 Å². The zero-order chi connectivity index (χ0) is 22.7. The van der Waals surface area contributed by atoms with Crippen molar-refractivity contribution in [3.05, 3.63) is 33.8 Å². The lowest BCUT2D eigenvalue weighted by Gasteiger charge is -2.46. The second-order valence-corrected chi connectivity index (χ2v) is 11.2. The zero-order valence-electron chi connectivity index (χ0n) is 20.5. The molecule has 0 saturated carbocycles. The van der Waals surface area contributed by atoms with Crippen LogP contribution < -0.4 is 0 Å². The van der Waals surface area contributed by atoms with Gasteiger partial charge in [0, 0.05) is 6.42 Å². The van der Waals surface area contributed by atoms with Gasteiger partial charge in [-0.25, -0.2) is 0 Å². The summed E-state index contributed by atoms with van der Waals surface area (Å²) in [5.41, 5.74) is 1.18. The topological polar surface area (TPSA) is 9.23 Å². The van der Waals surface area contributed by atoms with Crippen molar-refractivity contribution in [2.75, 3.05) is 26.2 Å². The molecule has 1 saturated heterocycles. The first kappa shape index (κ1) is 27.0. The highest BCUT2D eigenvalue weighted by Gasteiger charge is 2.36. The Morgan fingerprint density at radius 2 is 1.45 bits per heavy atom. The van der Waals surface area contributed by atoms with Gasteiger partial charge in [-0.05, 0) is 44.2 Å². The van der Waals surface area contributed by atoms with Gasteiger partial charge in [-0.1, -0.05) is 94.1 Å². The van der Waals surface area contributed by atoms with Gasteiger partial charge in [-0.2, -0.15) is 0 Å². The van der Waals surface area contributed by atoms with E-state index < -0.39 is 0 Å². The third-order valence-electron chi connectivity index (χ3n) is 6.80. The molecule has 1 aromatic rings. The van der Waals surface area contributed by atoms with Crippen molar-refractivity contribution < 1.29 is 9.22 Å². The van der Waals surface area contributed by atoms with E-state index >= 15 is 0 Å². The van der Waals surface area contributed by atoms with Crippen LogP contribution in [-0.2, 0) is 11.2 Å². The van der Waals surface area contributed by atoms with Crippen LogP contribution in [0.3, 0.4) is 0 Å². The third-order valence-corrected chi connectivity index (χ3v) is 7.66. The van der Waals surface area contributed by atoms with Gasteiger partial charge in [0.1, 0.15) is 25.3 Å². The monoisotopic (exact) mass is 470 g/mol. The van der Waals surface area contributed by atoms with Crippen LogP contribution in [0.4, 0.5) is 0 Å². The van der Waals surface area contributed by atoms with Gasteiger partial charge in [-0.3, -0.25) is 0 Å². The minimum atomic E-state index is 0.324. The first-order valence-electron chi connectivity index (χ1n) is 12.7. The first-order valence-corrected chi connectivity index (χ1v) is 13.5. The lowest BCUT2D eigenvalue weighted by atomic mass is 10.0. The number of rotatable bonds is 14. The molecule has 0 spiro atoms. The van der Waals surface area contributed by atoms with Gasteiger partial charge >= 0.3 is 0 Å². The molecule has 1 heterocycles. The maximum Gasteiger partial charge on any atom is 0.105 e. The van der Waals surface area contributed by atoms with E-state index in [2.05, 4.69) is 33.8 Å². The van der Waals surface area contributed by atoms with Crippen molar-refractivity contribution in [2.24, 2.45) is 5.92 Å². The molecule has 2 unspecified atom stereocenters. The van der Waals surface area contributed by atoms with Gasteiger partial charge in [0.05, 0.1) is 23.1 Å². The van der Waals surface area contributed by atoms with Gasteiger partial charge in [-0.15, -0.1) is 0 Å². The van der Waals surface area contributed by atoms with Crippen LogP contribution in [0.25, 0.3) is 0 Å². The van der Waals surface area contributed by atoms with E-state index in [-0.39, 0.29) is 0 Å². The lowest BCUT2D eigenvalue weighted by molar-refractivity contribution is -0.941. The fourth-order valence-corrected chi connectivity index (χ4v) is 5.70. The molecule has 0 aliphatic carbocycles. The number of hydrogen-bond acceptors (Lipinski definition) is 1. The second kappa shape index (κ2) is 14.1. The minimum Gasteiger partial charge on any atom is -0.364 e. The minimum absolute atomic E-state index is 0.324. The fourth-order valence-electron chi connectivity index (χ4n) is 5.28. The Labute approximate surface area is 202 Å². The van der Waals surface area contributed by atoms with E-state index in [4.69, 9.17) is 27.9 Å². The van der Waals surface area contributed by atoms with Crippen LogP contribution in [0.1, 0.15) is 91.0 Å². The predicted octanol–water partition coefficient (Wildman–Crippen LogP) is 8.33. The van der Waals surface area contributed by atoms with Crippen molar-refractivity contribution in [3.63, 3.8) is 0 Å². The second-order valence-electron chi connectivity index (χ2n) is 10.4. The molecule has 2 nitrogen and oxygen atoms in total. The number of morpholine rings is 1. The molecule has 1 aliphatic heterocycles. The molecule has 1 fully saturated rings. The molecule has 2 atom stereocenters. The summed E-state index contributed by atoms with van der Waals surface area (Å²) >= 11 is 12.7. The Bertz CT molecular complexity index is 624. The van der Waals surface area contributed by atoms with Gasteiger partial charge in [0.2, 0.25) is 0 Å². The largest absolute Gasteiger partial charge is 0.364 e. The van der Waals surface area contributed by atoms with E-state index in [1.165, 1.54) is 69.9 Å². The highest BCUT2D eigenvalue weighted by atomic mass is 35.5. The number of ether oxygens (including phenoxy) is 1. The Morgan fingerprint density at radius 1 is 0.871 bits per heavy atom. The molecule has 0 amide bonds. The average Bonchev–Trinajstić information content (AvgIpc) is 2.69. The molecular weight excluding hydrogens is 425 g/mol. The first-order chi connectivity index (χ1) is 14.8. The molecule has 1 aliphatic rings. The van der Waals surface area contributed by atoms with Crippen LogP contribution in [0, 0.1) is 5.92 Å². The average molecular weight is 472 g/mol. The van der Waals surface area contributed by atoms with Crippen LogP contribution >= 0.6 is 23.2 Å². The highest BCUT2D eigenvalue weighted by molar-refractivity contribution is 6.42. The highest BCUT2D eigenvalue weighted by Crippen LogP contribution is 2.28. The van der Waals surface area contributed by atoms with Crippen molar-refractivity contribution in [2.45, 2.75) is 104 Å². The standard InChI is InChI=1S/C27H46Cl2NO/c1-22(2)14-11-9-7-5-6-8-10-12-18-30(20-23(3)31-24(4)21-30)19-17-25-15-13-16-26(28)27(25)29/h13,15-16,22-24H,5-12,14,17-21H2,1-4H3/q+1. The number of benzene rings is 1. The van der Waals surface area contributed by atoms with Gasteiger partial charge < -0.3 is 9.22 Å². The summed E-state index contributed by atoms with van der Waals surface area (Å²) in [6, 6.07) is 6.02. The summed E-state index contributed by atoms with van der Waals surface area (Å²) in [4.78, 5) is 0. The Balaban J connectivity index is 1.76. The Morgan fingerprint density at radius 3 is 2.06 bits per heavy atom. The van der Waals surface area contributed by atoms with E-state index in [9.17, 15) is 0 Å². The van der Waals surface area contributed by atoms with Gasteiger partial charge in [0.15, 0.2) is 0 Å². The summed E-state index contributed by atoms with van der Waals surface area (Å²) in [6.45, 7) is 13.7. The van der Waals surface area contributed by atoms with Crippen molar-refractivity contribution in [1.29, 1.82) is 0 Å². The van der Waals surface area contributed by atoms with Crippen molar-refractivity contribution in [3.8, 4) is 0 Å². The van der Waals surface area contributed by atoms with Crippen LogP contribution in [0.2, 0.25) is 10.0 Å². The normalized spacial score (nSPS) is 24.1. The smallest absolute Gasteiger partial charge is 0.105 e. The SMILES string of the molecule is CC(C)CCCCCCCCCC[N+]1(CCc2cccc(Cl)c2Cl)CC(C)OC(C)C1. The fraction of sp³-hybridized carbons (Fsp3) is 0.778. The molecule has 2 rings (SSSR count). The van der Waals surface area contributed by atoms with Crippen molar-refractivity contribution in [1.82, 2.24) is 0 Å². The molecule has 0 bridgehead atoms. The molecule has 31 heavy (non-hydrogen) atoms. The number of hydrogen-bond donors (Lipinski definition) is 0. The molecule has 1 aromatic carbocycles. The zero-order valence-corrected chi connectivity index (χ0v) is 22.0. The van der Waals surface area contributed by atoms with E-state index in [0.717, 1.165) is 41.5 Å². The molecule has 178 valence electrons. The Hall–Kier alpha value is -0.280. The lowest BCUT2D eigenvalue weighted by Crippen LogP contribution is -2.61. The van der Waals surface area contributed by atoms with E-state index in [0.29, 0.717) is 17.2 Å². The molecule has 0 N–H and O–H groups in total. The molecular formula is C27H46Cl2NO+. The number of quaternary nitrogens is 1. The van der Waals surface area contributed by atoms with Crippen molar-refractivity contribution >= 4 is 23.2 Å². The van der Waals surface area contributed by atoms with Gasteiger partial charge in [0.25, 0.3) is 0 Å². The maximum atomic E-state index is 6.47. The third kappa shape index (κ3) is 10.0. The molecule has 4 heteroatoms. The summed E-state index contributed by atoms with van der Waals surface area (Å²) in [5.74, 6) is 0.857. The quantitative estimate of drug-likeness (QED) is 0.196. The van der Waals surface area contributed by atoms with Crippen LogP contribution in [0.15, 0.2) is 18.2 Å². The number of unbranched alkanes of at least 4 members (excludes halogenated alkanes) is 7. The maximum absolute atomic E-state index is 6.47. The Kier molecular flexibility index (Phi) is 12.3. The summed E-state index contributed by atoms with van der Waals surface area (Å²) in [7, 11) is 0. The number of nitrogens with zero attached hydrogens (tertiary/aromatic N) is 1. The molecule has 0 aromatic heterocycles. The summed E-state index contributed by atoms with van der Waals surface area (Å²) < 4.78 is 7.23. The summed E-state index contributed by atoms with van der Waals surface area (Å²) in [5, 5.41) is 1.39. The summed E-state index contributed by atoms with van der Waals surface area (Å²) in [6.07, 6.45) is 14.1. The van der Waals surface area contributed by atoms with E-state index in [1.54, 1.807) is 0 Å².